The van der Waals surface area contributed by atoms with E-state index in [0.717, 1.165) is 0 Å². The molecule has 0 atom stereocenters. The van der Waals surface area contributed by atoms with E-state index in [-0.39, 0.29) is 0 Å². The summed E-state index contributed by atoms with van der Waals surface area (Å²) in [7, 11) is 3.30. The van der Waals surface area contributed by atoms with Gasteiger partial charge in [0.05, 0.1) is 13.2 Å². The van der Waals surface area contributed by atoms with Gasteiger partial charge in [-0.1, -0.05) is 34.8 Å². The van der Waals surface area contributed by atoms with Crippen LogP contribution in [-0.2, 0) is 9.47 Å². The Hall–Kier alpha value is 0.790. The van der Waals surface area contributed by atoms with Gasteiger partial charge in [0.15, 0.2) is 4.30 Å². The largest absolute Gasteiger partial charge is 0.382 e. The first kappa shape index (κ1) is 13.4. The molecule has 0 unspecified atom stereocenters. The second-order valence-corrected chi connectivity index (χ2v) is 3.21. The van der Waals surface area contributed by atoms with Gasteiger partial charge in [0.1, 0.15) is 0 Å². The van der Waals surface area contributed by atoms with E-state index in [2.05, 4.69) is 9.47 Å². The van der Waals surface area contributed by atoms with E-state index in [4.69, 9.17) is 34.8 Å². The zero-order chi connectivity index (χ0) is 8.41. The first-order valence-corrected chi connectivity index (χ1v) is 3.86. The van der Waals surface area contributed by atoms with Crippen LogP contribution in [-0.4, -0.2) is 31.7 Å². The molecule has 0 heterocycles. The molecule has 0 spiro atoms. The second kappa shape index (κ2) is 12.5. The van der Waals surface area contributed by atoms with Gasteiger partial charge in [-0.2, -0.15) is 0 Å². The molecule has 64 valence electrons. The summed E-state index contributed by atoms with van der Waals surface area (Å²) in [6.07, 6.45) is 0. The van der Waals surface area contributed by atoms with E-state index >= 15 is 0 Å². The Morgan fingerprint density at radius 1 is 1.00 bits per heavy atom. The van der Waals surface area contributed by atoms with Gasteiger partial charge < -0.3 is 9.47 Å². The van der Waals surface area contributed by atoms with E-state index in [0.29, 0.717) is 13.2 Å². The number of halogens is 3. The van der Waals surface area contributed by atoms with E-state index in [1.165, 1.54) is 0 Å². The van der Waals surface area contributed by atoms with Crippen LogP contribution in [0.25, 0.3) is 0 Å². The van der Waals surface area contributed by atoms with Crippen LogP contribution in [0.2, 0.25) is 0 Å². The highest BCUT2D eigenvalue weighted by molar-refractivity contribution is 6.63. The van der Waals surface area contributed by atoms with Gasteiger partial charge in [-0.05, 0) is 0 Å². The number of ether oxygens (including phenoxy) is 2. The van der Waals surface area contributed by atoms with Crippen molar-refractivity contribution in [2.45, 2.75) is 4.30 Å². The first-order valence-electron chi connectivity index (χ1n) is 2.55. The average Bonchev–Trinajstić information content (AvgIpc) is 1.82. The third kappa shape index (κ3) is 37.1. The Morgan fingerprint density at radius 3 is 1.30 bits per heavy atom. The lowest BCUT2D eigenvalue weighted by Gasteiger charge is -1.91. The summed E-state index contributed by atoms with van der Waals surface area (Å²) in [6, 6.07) is 0. The Labute approximate surface area is 76.3 Å². The summed E-state index contributed by atoms with van der Waals surface area (Å²) in [4.78, 5) is 0. The maximum atomic E-state index is 4.81. The normalized spacial score (nSPS) is 9.00. The molecular formula is C5H11Cl3O2. The number of hydrogen-bond acceptors (Lipinski definition) is 2. The van der Waals surface area contributed by atoms with Crippen LogP contribution in [0.5, 0.6) is 0 Å². The van der Waals surface area contributed by atoms with Gasteiger partial charge >= 0.3 is 0 Å². The molecule has 0 saturated heterocycles. The lowest BCUT2D eigenvalue weighted by molar-refractivity contribution is 0.103. The molecule has 0 rings (SSSR count). The molecule has 0 bridgehead atoms. The third-order valence-corrected chi connectivity index (χ3v) is 0.492. The Balaban J connectivity index is 0. The Bertz CT molecular complexity index is 45.4. The fraction of sp³-hybridized carbons (Fsp3) is 1.00. The topological polar surface area (TPSA) is 18.5 Å². The highest BCUT2D eigenvalue weighted by Gasteiger charge is 1.78. The summed E-state index contributed by atoms with van der Waals surface area (Å²) < 4.78 is 8.56. The SMILES string of the molecule is COCCOC.ClC(Cl)Cl. The Morgan fingerprint density at radius 2 is 1.20 bits per heavy atom. The number of rotatable bonds is 3. The summed E-state index contributed by atoms with van der Waals surface area (Å²) in [5.74, 6) is 0. The fourth-order valence-electron chi connectivity index (χ4n) is 0.167. The smallest absolute Gasteiger partial charge is 0.180 e. The molecule has 0 fully saturated rings. The van der Waals surface area contributed by atoms with E-state index < -0.39 is 4.30 Å². The zero-order valence-electron chi connectivity index (χ0n) is 5.94. The molecule has 0 aliphatic rings. The molecule has 0 aliphatic heterocycles. The van der Waals surface area contributed by atoms with Crippen molar-refractivity contribution in [2.24, 2.45) is 0 Å². The predicted octanol–water partition coefficient (Wildman–Crippen LogP) is 2.27. The highest BCUT2D eigenvalue weighted by Crippen LogP contribution is 2.03. The molecule has 10 heavy (non-hydrogen) atoms. The molecule has 0 aromatic rings. The van der Waals surface area contributed by atoms with Gasteiger partial charge in [0, 0.05) is 14.2 Å². The first-order chi connectivity index (χ1) is 4.65. The van der Waals surface area contributed by atoms with Crippen molar-refractivity contribution in [3.8, 4) is 0 Å². The minimum absolute atomic E-state index is 0.691. The number of hydrogen-bond donors (Lipinski definition) is 0. The summed E-state index contributed by atoms with van der Waals surface area (Å²) in [5.41, 5.74) is 0. The molecule has 0 amide bonds. The Kier molecular flexibility index (Phi) is 16.7. The van der Waals surface area contributed by atoms with Gasteiger partial charge in [0.2, 0.25) is 0 Å². The molecule has 0 aromatic heterocycles. The van der Waals surface area contributed by atoms with Crippen LogP contribution in [0.15, 0.2) is 0 Å². The van der Waals surface area contributed by atoms with E-state index in [1.54, 1.807) is 14.2 Å². The molecule has 0 aliphatic carbocycles. The van der Waals surface area contributed by atoms with Crippen LogP contribution in [0.1, 0.15) is 0 Å². The monoisotopic (exact) mass is 208 g/mol. The van der Waals surface area contributed by atoms with E-state index in [9.17, 15) is 0 Å². The minimum Gasteiger partial charge on any atom is -0.382 e. The van der Waals surface area contributed by atoms with Crippen LogP contribution >= 0.6 is 34.8 Å². The third-order valence-electron chi connectivity index (χ3n) is 0.492. The quantitative estimate of drug-likeness (QED) is 0.524. The van der Waals surface area contributed by atoms with Crippen LogP contribution < -0.4 is 0 Å². The predicted molar refractivity (Wildman–Crippen MR) is 45.1 cm³/mol. The molecule has 0 saturated carbocycles. The standard InChI is InChI=1S/C4H10O2.CHCl3/c1-5-3-4-6-2;2-1(3)4/h3-4H2,1-2H3;1H. The zero-order valence-corrected chi connectivity index (χ0v) is 8.21. The van der Waals surface area contributed by atoms with Crippen LogP contribution in [0, 0.1) is 0 Å². The molecular weight excluding hydrogens is 198 g/mol. The van der Waals surface area contributed by atoms with Gasteiger partial charge in [-0.25, -0.2) is 0 Å². The summed E-state index contributed by atoms with van der Waals surface area (Å²) >= 11 is 14.4. The minimum atomic E-state index is -0.750. The van der Waals surface area contributed by atoms with Gasteiger partial charge in [-0.3, -0.25) is 0 Å². The lowest BCUT2D eigenvalue weighted by atomic mass is 10.8. The molecule has 2 nitrogen and oxygen atoms in total. The molecule has 0 aromatic carbocycles. The van der Waals surface area contributed by atoms with Gasteiger partial charge in [-0.15, -0.1) is 0 Å². The molecule has 5 heteroatoms. The highest BCUT2D eigenvalue weighted by atomic mass is 35.6. The van der Waals surface area contributed by atoms with Crippen LogP contribution in [0.3, 0.4) is 0 Å². The average molecular weight is 210 g/mol. The fourth-order valence-corrected chi connectivity index (χ4v) is 0.167. The van der Waals surface area contributed by atoms with Crippen LogP contribution in [0.4, 0.5) is 0 Å². The number of alkyl halides is 3. The lowest BCUT2D eigenvalue weighted by Crippen LogP contribution is -1.96. The second-order valence-electron chi connectivity index (χ2n) is 1.23. The van der Waals surface area contributed by atoms with Crippen molar-refractivity contribution in [3.05, 3.63) is 0 Å². The van der Waals surface area contributed by atoms with E-state index in [1.807, 2.05) is 0 Å². The maximum absolute atomic E-state index is 4.81. The van der Waals surface area contributed by atoms with Crippen molar-refractivity contribution in [3.63, 3.8) is 0 Å². The van der Waals surface area contributed by atoms with Crippen molar-refractivity contribution in [1.82, 2.24) is 0 Å². The molecule has 0 radical (unpaired) electrons. The van der Waals surface area contributed by atoms with Crippen molar-refractivity contribution >= 4 is 34.8 Å². The van der Waals surface area contributed by atoms with Crippen molar-refractivity contribution in [1.29, 1.82) is 0 Å². The van der Waals surface area contributed by atoms with Crippen molar-refractivity contribution in [2.75, 3.05) is 27.4 Å². The maximum Gasteiger partial charge on any atom is 0.180 e. The summed E-state index contributed by atoms with van der Waals surface area (Å²) in [6.45, 7) is 1.38. The number of methoxy groups -OCH3 is 2. The van der Waals surface area contributed by atoms with Crippen molar-refractivity contribution < 1.29 is 9.47 Å². The summed E-state index contributed by atoms with van der Waals surface area (Å²) in [5, 5.41) is 0. The van der Waals surface area contributed by atoms with Gasteiger partial charge in [0.25, 0.3) is 0 Å². The molecule has 0 N–H and O–H groups in total.